The first kappa shape index (κ1) is 15.4. The van der Waals surface area contributed by atoms with E-state index in [4.69, 9.17) is 21.5 Å². The van der Waals surface area contributed by atoms with E-state index >= 15 is 0 Å². The summed E-state index contributed by atoms with van der Waals surface area (Å²) in [6.45, 7) is 2.26. The van der Waals surface area contributed by atoms with Gasteiger partial charge in [-0.1, -0.05) is 47.1 Å². The highest BCUT2D eigenvalue weighted by Crippen LogP contribution is 2.19. The molecule has 0 saturated carbocycles. The maximum atomic E-state index is 8.61. The van der Waals surface area contributed by atoms with Crippen LogP contribution >= 0.6 is 11.6 Å². The van der Waals surface area contributed by atoms with Crippen LogP contribution in [-0.4, -0.2) is 10.9 Å². The number of hydrogen-bond acceptors (Lipinski definition) is 3. The Bertz CT molecular complexity index is 608. The van der Waals surface area contributed by atoms with Crippen molar-refractivity contribution in [2.75, 3.05) is 0 Å². The van der Waals surface area contributed by atoms with Gasteiger partial charge in [0.1, 0.15) is 12.4 Å². The summed E-state index contributed by atoms with van der Waals surface area (Å²) in [6, 6.07) is 15.6. The van der Waals surface area contributed by atoms with Crippen molar-refractivity contribution in [2.45, 2.75) is 26.4 Å². The zero-order chi connectivity index (χ0) is 15.1. The predicted molar refractivity (Wildman–Crippen MR) is 85.4 cm³/mol. The van der Waals surface area contributed by atoms with Gasteiger partial charge in [-0.05, 0) is 43.5 Å². The molecule has 0 fully saturated rings. The number of nitrogens with zero attached hydrogens (tertiary/aromatic N) is 1. The number of ether oxygens (including phenoxy) is 1. The number of aryl methyl sites for hydroxylation is 1. The fourth-order valence-corrected chi connectivity index (χ4v) is 2.09. The van der Waals surface area contributed by atoms with Crippen LogP contribution in [0.3, 0.4) is 0 Å². The van der Waals surface area contributed by atoms with E-state index in [0.29, 0.717) is 11.6 Å². The second kappa shape index (κ2) is 7.70. The Morgan fingerprint density at radius 2 is 1.86 bits per heavy atom. The molecule has 110 valence electrons. The third-order valence-corrected chi connectivity index (χ3v) is 3.59. The minimum absolute atomic E-state index is 0.454. The average Bonchev–Trinajstić information content (AvgIpc) is 2.53. The number of halogens is 1. The lowest BCUT2D eigenvalue weighted by Gasteiger charge is -2.08. The van der Waals surface area contributed by atoms with Gasteiger partial charge in [-0.2, -0.15) is 0 Å². The molecule has 1 N–H and O–H groups in total. The standard InChI is InChI=1S/C17H18ClNO2/c1-13(19-20)6-7-14-8-10-16(11-9-14)21-12-15-4-2-3-5-17(15)18/h2-5,8-11,20H,6-7,12H2,1H3/b19-13+. The van der Waals surface area contributed by atoms with Crippen LogP contribution in [0.25, 0.3) is 0 Å². The fraction of sp³-hybridized carbons (Fsp3) is 0.235. The Balaban J connectivity index is 1.89. The van der Waals surface area contributed by atoms with E-state index < -0.39 is 0 Å². The van der Waals surface area contributed by atoms with Crippen molar-refractivity contribution in [3.63, 3.8) is 0 Å². The molecule has 0 aliphatic carbocycles. The summed E-state index contributed by atoms with van der Waals surface area (Å²) in [7, 11) is 0. The SMILES string of the molecule is C/C(CCc1ccc(OCc2ccccc2Cl)cc1)=N\O. The van der Waals surface area contributed by atoms with Crippen LogP contribution in [-0.2, 0) is 13.0 Å². The normalized spacial score (nSPS) is 11.4. The molecule has 3 nitrogen and oxygen atoms in total. The second-order valence-corrected chi connectivity index (χ2v) is 5.27. The third-order valence-electron chi connectivity index (χ3n) is 3.22. The largest absolute Gasteiger partial charge is 0.489 e. The molecule has 4 heteroatoms. The molecular weight excluding hydrogens is 286 g/mol. The van der Waals surface area contributed by atoms with Crippen molar-refractivity contribution >= 4 is 17.3 Å². The fourth-order valence-electron chi connectivity index (χ4n) is 1.90. The van der Waals surface area contributed by atoms with E-state index in [2.05, 4.69) is 5.16 Å². The molecule has 0 atom stereocenters. The summed E-state index contributed by atoms with van der Waals surface area (Å²) < 4.78 is 5.73. The van der Waals surface area contributed by atoms with Gasteiger partial charge in [-0.25, -0.2) is 0 Å². The first-order chi connectivity index (χ1) is 10.2. The second-order valence-electron chi connectivity index (χ2n) is 4.86. The highest BCUT2D eigenvalue weighted by Gasteiger charge is 2.01. The number of hydrogen-bond donors (Lipinski definition) is 1. The van der Waals surface area contributed by atoms with E-state index in [-0.39, 0.29) is 0 Å². The van der Waals surface area contributed by atoms with Gasteiger partial charge in [0, 0.05) is 10.6 Å². The molecule has 2 rings (SSSR count). The maximum absolute atomic E-state index is 8.61. The minimum atomic E-state index is 0.454. The lowest BCUT2D eigenvalue weighted by atomic mass is 10.1. The molecule has 0 radical (unpaired) electrons. The first-order valence-corrected chi connectivity index (χ1v) is 7.19. The number of rotatable bonds is 6. The van der Waals surface area contributed by atoms with Gasteiger partial charge >= 0.3 is 0 Å². The predicted octanol–water partition coefficient (Wildman–Crippen LogP) is 4.70. The van der Waals surface area contributed by atoms with E-state index in [1.165, 1.54) is 5.56 Å². The summed E-state index contributed by atoms with van der Waals surface area (Å²) in [4.78, 5) is 0. The molecule has 0 bridgehead atoms. The number of benzene rings is 2. The molecule has 0 aromatic heterocycles. The topological polar surface area (TPSA) is 41.8 Å². The van der Waals surface area contributed by atoms with Crippen molar-refractivity contribution in [1.82, 2.24) is 0 Å². The van der Waals surface area contributed by atoms with Crippen LogP contribution in [0.2, 0.25) is 5.02 Å². The van der Waals surface area contributed by atoms with Crippen molar-refractivity contribution in [3.05, 3.63) is 64.7 Å². The smallest absolute Gasteiger partial charge is 0.119 e. The van der Waals surface area contributed by atoms with E-state index in [9.17, 15) is 0 Å². The number of oxime groups is 1. The van der Waals surface area contributed by atoms with Crippen LogP contribution in [0.4, 0.5) is 0 Å². The monoisotopic (exact) mass is 303 g/mol. The van der Waals surface area contributed by atoms with E-state index in [1.807, 2.05) is 48.5 Å². The zero-order valence-electron chi connectivity index (χ0n) is 11.9. The van der Waals surface area contributed by atoms with Gasteiger partial charge in [0.2, 0.25) is 0 Å². The quantitative estimate of drug-likeness (QED) is 0.477. The van der Waals surface area contributed by atoms with Gasteiger partial charge < -0.3 is 9.94 Å². The van der Waals surface area contributed by atoms with Crippen molar-refractivity contribution in [3.8, 4) is 5.75 Å². The van der Waals surface area contributed by atoms with Crippen molar-refractivity contribution in [2.24, 2.45) is 5.16 Å². The highest BCUT2D eigenvalue weighted by molar-refractivity contribution is 6.31. The van der Waals surface area contributed by atoms with Gasteiger partial charge in [0.15, 0.2) is 0 Å². The summed E-state index contributed by atoms with van der Waals surface area (Å²) >= 11 is 6.09. The van der Waals surface area contributed by atoms with Crippen molar-refractivity contribution < 1.29 is 9.94 Å². The Kier molecular flexibility index (Phi) is 5.64. The molecule has 0 spiro atoms. The van der Waals surface area contributed by atoms with E-state index in [1.54, 1.807) is 6.92 Å². The highest BCUT2D eigenvalue weighted by atomic mass is 35.5. The lowest BCUT2D eigenvalue weighted by molar-refractivity contribution is 0.306. The summed E-state index contributed by atoms with van der Waals surface area (Å²) in [5.41, 5.74) is 2.88. The Labute approximate surface area is 129 Å². The van der Waals surface area contributed by atoms with Crippen molar-refractivity contribution in [1.29, 1.82) is 0 Å². The van der Waals surface area contributed by atoms with Gasteiger partial charge in [-0.15, -0.1) is 0 Å². The molecule has 0 aliphatic heterocycles. The molecule has 21 heavy (non-hydrogen) atoms. The first-order valence-electron chi connectivity index (χ1n) is 6.81. The zero-order valence-corrected chi connectivity index (χ0v) is 12.7. The summed E-state index contributed by atoms with van der Waals surface area (Å²) in [6.07, 6.45) is 1.59. The minimum Gasteiger partial charge on any atom is -0.489 e. The summed E-state index contributed by atoms with van der Waals surface area (Å²) in [5, 5.41) is 12.5. The van der Waals surface area contributed by atoms with Crippen LogP contribution in [0.15, 0.2) is 53.7 Å². The van der Waals surface area contributed by atoms with Gasteiger partial charge in [0.05, 0.1) is 5.71 Å². The Morgan fingerprint density at radius 3 is 2.52 bits per heavy atom. The average molecular weight is 304 g/mol. The molecule has 0 heterocycles. The maximum Gasteiger partial charge on any atom is 0.119 e. The van der Waals surface area contributed by atoms with Crippen LogP contribution in [0.1, 0.15) is 24.5 Å². The lowest BCUT2D eigenvalue weighted by Crippen LogP contribution is -1.97. The van der Waals surface area contributed by atoms with Crippen LogP contribution in [0, 0.1) is 0 Å². The molecule has 0 saturated heterocycles. The Hall–Kier alpha value is -2.00. The molecule has 0 aliphatic rings. The molecule has 2 aromatic rings. The van der Waals surface area contributed by atoms with Gasteiger partial charge in [-0.3, -0.25) is 0 Å². The van der Waals surface area contributed by atoms with Crippen LogP contribution in [0.5, 0.6) is 5.75 Å². The molecule has 0 unspecified atom stereocenters. The third kappa shape index (κ3) is 4.80. The molecule has 2 aromatic carbocycles. The molecule has 0 amide bonds. The van der Waals surface area contributed by atoms with E-state index in [0.717, 1.165) is 29.9 Å². The van der Waals surface area contributed by atoms with Gasteiger partial charge in [0.25, 0.3) is 0 Å². The van der Waals surface area contributed by atoms with Crippen LogP contribution < -0.4 is 4.74 Å². The molecular formula is C17H18ClNO2. The Morgan fingerprint density at radius 1 is 1.14 bits per heavy atom. The summed E-state index contributed by atoms with van der Waals surface area (Å²) in [5.74, 6) is 0.811.